The maximum Gasteiger partial charge on any atom is 2.00 e. The van der Waals surface area contributed by atoms with Crippen LogP contribution in [0.5, 0.6) is 0 Å². The van der Waals surface area contributed by atoms with E-state index < -0.39 is 32.0 Å². The van der Waals surface area contributed by atoms with Gasteiger partial charge in [-0.05, 0) is 12.8 Å². The van der Waals surface area contributed by atoms with Crippen molar-refractivity contribution in [3.63, 3.8) is 0 Å². The summed E-state index contributed by atoms with van der Waals surface area (Å²) in [5.74, 6) is -2.31. The Bertz CT molecular complexity index is 934. The SMILES string of the molecule is CCCCCCCCCCCCCCCCCS(=O)(=O)NCCC(=O)[O-].CCCCCCCCCCCCCCCCCS(=O)(=O)NCCC(=O)[O-].[Ca+2]. The fourth-order valence-electron chi connectivity index (χ4n) is 6.09. The summed E-state index contributed by atoms with van der Waals surface area (Å²) in [5.41, 5.74) is 0. The van der Waals surface area contributed by atoms with Gasteiger partial charge in [-0.1, -0.05) is 194 Å². The molecule has 0 aromatic heterocycles. The number of carbonyl (C=O) groups is 2. The van der Waals surface area contributed by atoms with Crippen molar-refractivity contribution in [3.8, 4) is 0 Å². The number of hydrogen-bond donors (Lipinski definition) is 2. The molecule has 0 amide bonds. The van der Waals surface area contributed by atoms with E-state index in [1.807, 2.05) is 0 Å². The van der Waals surface area contributed by atoms with E-state index in [4.69, 9.17) is 0 Å². The van der Waals surface area contributed by atoms with Crippen LogP contribution in [0.15, 0.2) is 0 Å². The number of carboxylic acids is 2. The van der Waals surface area contributed by atoms with Crippen LogP contribution in [0.4, 0.5) is 0 Å². The van der Waals surface area contributed by atoms with Gasteiger partial charge in [0.25, 0.3) is 0 Å². The minimum Gasteiger partial charge on any atom is -0.550 e. The van der Waals surface area contributed by atoms with Crippen molar-refractivity contribution >= 4 is 69.7 Å². The monoisotopic (exact) mass is 820 g/mol. The Morgan fingerprint density at radius 2 is 0.566 bits per heavy atom. The Morgan fingerprint density at radius 3 is 0.755 bits per heavy atom. The van der Waals surface area contributed by atoms with Crippen molar-refractivity contribution in [1.82, 2.24) is 9.44 Å². The van der Waals surface area contributed by atoms with Crippen molar-refractivity contribution in [2.45, 2.75) is 219 Å². The molecule has 0 aromatic rings. The first kappa shape index (κ1) is 57.3. The van der Waals surface area contributed by atoms with Crippen LogP contribution in [0.2, 0.25) is 0 Å². The molecule has 0 heterocycles. The van der Waals surface area contributed by atoms with E-state index in [0.717, 1.165) is 25.7 Å². The molecule has 0 aromatic carbocycles. The van der Waals surface area contributed by atoms with Gasteiger partial charge in [-0.3, -0.25) is 0 Å². The summed E-state index contributed by atoms with van der Waals surface area (Å²) >= 11 is 0. The molecular formula is C40H80CaN2O8S2. The summed E-state index contributed by atoms with van der Waals surface area (Å²) in [6.07, 6.45) is 36.7. The molecule has 0 radical (unpaired) electrons. The molecule has 0 rings (SSSR count). The topological polar surface area (TPSA) is 173 Å². The Morgan fingerprint density at radius 1 is 0.377 bits per heavy atom. The molecule has 0 fully saturated rings. The van der Waals surface area contributed by atoms with E-state index >= 15 is 0 Å². The summed E-state index contributed by atoms with van der Waals surface area (Å²) in [6.45, 7) is 4.34. The van der Waals surface area contributed by atoms with Crippen LogP contribution < -0.4 is 19.7 Å². The van der Waals surface area contributed by atoms with Gasteiger partial charge in [0.15, 0.2) is 0 Å². The zero-order chi connectivity index (χ0) is 39.0. The number of unbranched alkanes of at least 4 members (excludes halogenated alkanes) is 28. The molecule has 0 spiro atoms. The smallest absolute Gasteiger partial charge is 0.550 e. The van der Waals surface area contributed by atoms with Crippen molar-refractivity contribution in [2.24, 2.45) is 0 Å². The normalized spacial score (nSPS) is 11.5. The molecule has 53 heavy (non-hydrogen) atoms. The second-order valence-electron chi connectivity index (χ2n) is 14.6. The Balaban J connectivity index is -0.000000926. The Labute approximate surface area is 357 Å². The molecule has 2 N–H and O–H groups in total. The van der Waals surface area contributed by atoms with Gasteiger partial charge < -0.3 is 19.8 Å². The fraction of sp³-hybridized carbons (Fsp3) is 0.950. The predicted octanol–water partition coefficient (Wildman–Crippen LogP) is 7.45. The van der Waals surface area contributed by atoms with Gasteiger partial charge in [-0.2, -0.15) is 0 Å². The van der Waals surface area contributed by atoms with Gasteiger partial charge in [0.1, 0.15) is 0 Å². The first-order valence-corrected chi connectivity index (χ1v) is 24.6. The fourth-order valence-corrected chi connectivity index (χ4v) is 8.37. The number of hydrogen-bond acceptors (Lipinski definition) is 8. The molecule has 0 aliphatic carbocycles. The molecule has 312 valence electrons. The first-order chi connectivity index (χ1) is 25.0. The van der Waals surface area contributed by atoms with Gasteiger partial charge in [-0.25, -0.2) is 26.3 Å². The van der Waals surface area contributed by atoms with E-state index in [-0.39, 0.29) is 75.2 Å². The van der Waals surface area contributed by atoms with Crippen molar-refractivity contribution in [3.05, 3.63) is 0 Å². The van der Waals surface area contributed by atoms with Crippen LogP contribution in [-0.2, 0) is 29.6 Å². The third-order valence-corrected chi connectivity index (χ3v) is 12.3. The largest absolute Gasteiger partial charge is 2.00 e. The number of aliphatic carboxylic acids is 2. The van der Waals surface area contributed by atoms with Crippen LogP contribution in [0.25, 0.3) is 0 Å². The van der Waals surface area contributed by atoms with Gasteiger partial charge in [0.2, 0.25) is 20.0 Å². The summed E-state index contributed by atoms with van der Waals surface area (Å²) in [6, 6.07) is 0. The summed E-state index contributed by atoms with van der Waals surface area (Å²) in [5, 5.41) is 20.5. The molecule has 0 aliphatic rings. The van der Waals surface area contributed by atoms with Crippen LogP contribution in [0.3, 0.4) is 0 Å². The van der Waals surface area contributed by atoms with Gasteiger partial charge >= 0.3 is 37.7 Å². The van der Waals surface area contributed by atoms with Crippen LogP contribution in [0, 0.1) is 0 Å². The maximum absolute atomic E-state index is 11.6. The van der Waals surface area contributed by atoms with E-state index in [0.29, 0.717) is 12.8 Å². The zero-order valence-corrected chi connectivity index (χ0v) is 38.1. The number of carbonyl (C=O) groups excluding carboxylic acids is 2. The summed E-state index contributed by atoms with van der Waals surface area (Å²) in [4.78, 5) is 20.5. The summed E-state index contributed by atoms with van der Waals surface area (Å²) in [7, 11) is -6.67. The zero-order valence-electron chi connectivity index (χ0n) is 34.2. The standard InChI is InChI=1S/2C20H41NO4S.Ca/c2*1-2-3-4-5-6-7-8-9-10-11-12-13-14-15-16-19-26(24,25)21-18-17-20(22)23;/h2*21H,2-19H2,1H3,(H,22,23);/q;;+2/p-2. The summed E-state index contributed by atoms with van der Waals surface area (Å²) < 4.78 is 51.1. The Kier molecular flexibility index (Phi) is 46.7. The number of nitrogens with one attached hydrogen (secondary N) is 2. The quantitative estimate of drug-likeness (QED) is 0.0474. The number of rotatable bonds is 40. The van der Waals surface area contributed by atoms with Crippen LogP contribution >= 0.6 is 0 Å². The minimum absolute atomic E-state index is 0. The average Bonchev–Trinajstić information content (AvgIpc) is 3.08. The molecule has 0 aliphatic heterocycles. The van der Waals surface area contributed by atoms with Crippen molar-refractivity contribution < 1.29 is 36.6 Å². The van der Waals surface area contributed by atoms with Gasteiger partial charge in [0, 0.05) is 37.9 Å². The van der Waals surface area contributed by atoms with E-state index in [9.17, 15) is 36.6 Å². The minimum atomic E-state index is -3.34. The molecular weight excluding hydrogens is 741 g/mol. The van der Waals surface area contributed by atoms with Gasteiger partial charge in [-0.15, -0.1) is 0 Å². The molecule has 10 nitrogen and oxygen atoms in total. The number of sulfonamides is 2. The first-order valence-electron chi connectivity index (χ1n) is 21.3. The number of carboxylic acid groups (broad SMARTS) is 2. The Hall–Kier alpha value is 0.0197. The molecule has 13 heteroatoms. The van der Waals surface area contributed by atoms with E-state index in [1.165, 1.54) is 154 Å². The molecule has 0 saturated heterocycles. The molecule has 0 unspecified atom stereocenters. The third-order valence-electron chi connectivity index (χ3n) is 9.34. The van der Waals surface area contributed by atoms with Crippen molar-refractivity contribution in [2.75, 3.05) is 24.6 Å². The molecule has 0 atom stereocenters. The van der Waals surface area contributed by atoms with Gasteiger partial charge in [0.05, 0.1) is 11.5 Å². The maximum atomic E-state index is 11.6. The second-order valence-corrected chi connectivity index (χ2v) is 18.4. The van der Waals surface area contributed by atoms with Crippen LogP contribution in [0.1, 0.15) is 219 Å². The molecule has 0 bridgehead atoms. The third kappa shape index (κ3) is 52.0. The van der Waals surface area contributed by atoms with E-state index in [2.05, 4.69) is 23.3 Å². The van der Waals surface area contributed by atoms with E-state index in [1.54, 1.807) is 0 Å². The average molecular weight is 821 g/mol. The molecule has 0 saturated carbocycles. The second kappa shape index (κ2) is 43.1. The van der Waals surface area contributed by atoms with Crippen LogP contribution in [-0.4, -0.2) is 91.1 Å². The van der Waals surface area contributed by atoms with Crippen molar-refractivity contribution in [1.29, 1.82) is 0 Å². The predicted molar refractivity (Wildman–Crippen MR) is 218 cm³/mol.